The maximum atomic E-state index is 12.0. The number of aromatic nitrogens is 2. The lowest BCUT2D eigenvalue weighted by molar-refractivity contribution is 0.0524. The molecular weight excluding hydrogens is 418 g/mol. The van der Waals surface area contributed by atoms with E-state index in [0.29, 0.717) is 27.6 Å². The van der Waals surface area contributed by atoms with Gasteiger partial charge in [0.1, 0.15) is 16.8 Å². The van der Waals surface area contributed by atoms with Crippen molar-refractivity contribution in [3.05, 3.63) is 68.8 Å². The Morgan fingerprint density at radius 2 is 2.03 bits per heavy atom. The molecule has 2 heterocycles. The highest BCUT2D eigenvalue weighted by Gasteiger charge is 2.16. The van der Waals surface area contributed by atoms with E-state index in [1.54, 1.807) is 38.4 Å². The average molecular weight is 440 g/mol. The molecule has 0 atom stereocenters. The highest BCUT2D eigenvalue weighted by atomic mass is 32.2. The monoisotopic (exact) mass is 439 g/mol. The zero-order valence-electron chi connectivity index (χ0n) is 17.0. The smallest absolute Gasteiger partial charge is 0.340 e. The summed E-state index contributed by atoms with van der Waals surface area (Å²) in [6.45, 7) is 3.76. The van der Waals surface area contributed by atoms with Gasteiger partial charge in [0, 0.05) is 17.6 Å². The topological polar surface area (TPSA) is 85.1 Å². The first-order chi connectivity index (χ1) is 14.5. The first-order valence-corrected chi connectivity index (χ1v) is 11.2. The number of thioether (sulfide) groups is 1. The minimum atomic E-state index is -0.460. The molecule has 0 aliphatic rings. The van der Waals surface area contributed by atoms with Crippen molar-refractivity contribution in [3.63, 3.8) is 0 Å². The number of hydrogen-bond acceptors (Lipinski definition) is 8. The molecule has 0 bridgehead atoms. The van der Waals surface area contributed by atoms with Gasteiger partial charge in [0.05, 0.1) is 41.2 Å². The molecule has 2 aromatic heterocycles. The van der Waals surface area contributed by atoms with Gasteiger partial charge in [-0.25, -0.2) is 14.8 Å². The fraction of sp³-hybridized carbons (Fsp3) is 0.273. The Morgan fingerprint density at radius 3 is 2.70 bits per heavy atom. The minimum absolute atomic E-state index is 0.277. The van der Waals surface area contributed by atoms with Crippen LogP contribution in [0, 0.1) is 18.3 Å². The number of esters is 1. The zero-order chi connectivity index (χ0) is 21.5. The Hall–Kier alpha value is -2.89. The minimum Gasteiger partial charge on any atom is -0.497 e. The number of carbonyl (C=O) groups is 1. The van der Waals surface area contributed by atoms with E-state index in [9.17, 15) is 10.1 Å². The van der Waals surface area contributed by atoms with Crippen molar-refractivity contribution < 1.29 is 14.3 Å². The maximum absolute atomic E-state index is 12.0. The normalized spacial score (nSPS) is 10.5. The highest BCUT2D eigenvalue weighted by Crippen LogP contribution is 2.27. The molecule has 3 aromatic rings. The molecule has 0 aliphatic heterocycles. The summed E-state index contributed by atoms with van der Waals surface area (Å²) in [4.78, 5) is 21.2. The number of carbonyl (C=O) groups excluding carboxylic acids is 1. The van der Waals surface area contributed by atoms with Gasteiger partial charge in [0.15, 0.2) is 0 Å². The van der Waals surface area contributed by atoms with Crippen LogP contribution in [0.3, 0.4) is 0 Å². The van der Waals surface area contributed by atoms with E-state index in [-0.39, 0.29) is 6.61 Å². The van der Waals surface area contributed by atoms with Crippen molar-refractivity contribution in [1.29, 1.82) is 5.26 Å². The van der Waals surface area contributed by atoms with E-state index in [1.165, 1.54) is 17.3 Å². The Morgan fingerprint density at radius 1 is 1.27 bits per heavy atom. The summed E-state index contributed by atoms with van der Waals surface area (Å²) in [5.74, 6) is 0.970. The molecule has 6 nitrogen and oxygen atoms in total. The average Bonchev–Trinajstić information content (AvgIpc) is 3.20. The Kier molecular flexibility index (Phi) is 7.44. The van der Waals surface area contributed by atoms with Crippen LogP contribution in [-0.4, -0.2) is 29.7 Å². The zero-order valence-corrected chi connectivity index (χ0v) is 18.6. The molecule has 0 saturated carbocycles. The molecule has 0 N–H and O–H groups in total. The molecule has 0 radical (unpaired) electrons. The molecule has 0 saturated heterocycles. The SMILES string of the molecule is CCOC(=O)c1cc(C#N)c(SCc2csc(Cc3ccc(OC)cc3)n2)nc1C. The molecule has 1 aromatic carbocycles. The van der Waals surface area contributed by atoms with Crippen LogP contribution in [0.5, 0.6) is 5.75 Å². The number of rotatable bonds is 8. The van der Waals surface area contributed by atoms with Crippen LogP contribution in [0.15, 0.2) is 40.7 Å². The van der Waals surface area contributed by atoms with Gasteiger partial charge < -0.3 is 9.47 Å². The lowest BCUT2D eigenvalue weighted by Crippen LogP contribution is -2.09. The van der Waals surface area contributed by atoms with E-state index >= 15 is 0 Å². The predicted octanol–water partition coefficient (Wildman–Crippen LogP) is 4.79. The number of hydrogen-bond donors (Lipinski definition) is 0. The second-order valence-corrected chi connectivity index (χ2v) is 8.26. The van der Waals surface area contributed by atoms with E-state index in [1.807, 2.05) is 29.6 Å². The van der Waals surface area contributed by atoms with Crippen molar-refractivity contribution in [2.75, 3.05) is 13.7 Å². The number of ether oxygens (including phenoxy) is 2. The third-order valence-corrected chi connectivity index (χ3v) is 6.19. The van der Waals surface area contributed by atoms with E-state index in [2.05, 4.69) is 11.1 Å². The van der Waals surface area contributed by atoms with Crippen LogP contribution < -0.4 is 4.74 Å². The molecule has 154 valence electrons. The quantitative estimate of drug-likeness (QED) is 0.368. The van der Waals surface area contributed by atoms with E-state index in [0.717, 1.165) is 22.9 Å². The van der Waals surface area contributed by atoms with Gasteiger partial charge in [-0.05, 0) is 37.6 Å². The second-order valence-electron chi connectivity index (χ2n) is 6.35. The summed E-state index contributed by atoms with van der Waals surface area (Å²) in [7, 11) is 1.65. The van der Waals surface area contributed by atoms with Crippen molar-refractivity contribution >= 4 is 29.1 Å². The number of methoxy groups -OCH3 is 1. The number of aryl methyl sites for hydroxylation is 1. The van der Waals surface area contributed by atoms with Crippen LogP contribution in [0.2, 0.25) is 0 Å². The van der Waals surface area contributed by atoms with Gasteiger partial charge in [-0.1, -0.05) is 23.9 Å². The van der Waals surface area contributed by atoms with Crippen molar-refractivity contribution in [2.45, 2.75) is 31.0 Å². The third-order valence-electron chi connectivity index (χ3n) is 4.26. The number of pyridine rings is 1. The van der Waals surface area contributed by atoms with Gasteiger partial charge in [-0.3, -0.25) is 0 Å². The molecule has 3 rings (SSSR count). The predicted molar refractivity (Wildman–Crippen MR) is 117 cm³/mol. The molecule has 0 aliphatic carbocycles. The van der Waals surface area contributed by atoms with E-state index < -0.39 is 5.97 Å². The van der Waals surface area contributed by atoms with Crippen LogP contribution >= 0.6 is 23.1 Å². The Labute approximate surface area is 183 Å². The highest BCUT2D eigenvalue weighted by molar-refractivity contribution is 7.98. The number of nitrogens with zero attached hydrogens (tertiary/aromatic N) is 3. The molecule has 8 heteroatoms. The standard InChI is InChI=1S/C22H21N3O3S2/c1-4-28-22(26)19-10-16(11-23)21(24-14(19)2)30-13-17-12-29-20(25-17)9-15-5-7-18(27-3)8-6-15/h5-8,10,12H,4,9,13H2,1-3H3. The van der Waals surface area contributed by atoms with Crippen LogP contribution in [0.1, 0.15) is 44.8 Å². The first kappa shape index (κ1) is 21.8. The maximum Gasteiger partial charge on any atom is 0.340 e. The second kappa shape index (κ2) is 10.2. The van der Waals surface area contributed by atoms with E-state index in [4.69, 9.17) is 14.5 Å². The van der Waals surface area contributed by atoms with Crippen molar-refractivity contribution in [3.8, 4) is 11.8 Å². The summed E-state index contributed by atoms with van der Waals surface area (Å²) in [5.41, 5.74) is 3.35. The molecule has 30 heavy (non-hydrogen) atoms. The fourth-order valence-electron chi connectivity index (χ4n) is 2.75. The first-order valence-electron chi connectivity index (χ1n) is 9.32. The summed E-state index contributed by atoms with van der Waals surface area (Å²) >= 11 is 3.05. The van der Waals surface area contributed by atoms with Crippen LogP contribution in [0.4, 0.5) is 0 Å². The van der Waals surface area contributed by atoms with Gasteiger partial charge in [0.25, 0.3) is 0 Å². The third kappa shape index (κ3) is 5.38. The van der Waals surface area contributed by atoms with Gasteiger partial charge >= 0.3 is 5.97 Å². The lowest BCUT2D eigenvalue weighted by Gasteiger charge is -2.08. The number of thiazole rings is 1. The van der Waals surface area contributed by atoms with Gasteiger partial charge in [-0.15, -0.1) is 11.3 Å². The fourth-order valence-corrected chi connectivity index (χ4v) is 4.57. The molecule has 0 spiro atoms. The number of nitriles is 1. The lowest BCUT2D eigenvalue weighted by atomic mass is 10.1. The molecule has 0 unspecified atom stereocenters. The van der Waals surface area contributed by atoms with Crippen molar-refractivity contribution in [1.82, 2.24) is 9.97 Å². The number of benzene rings is 1. The summed E-state index contributed by atoms with van der Waals surface area (Å²) < 4.78 is 10.2. The van der Waals surface area contributed by atoms with Gasteiger partial charge in [0.2, 0.25) is 0 Å². The van der Waals surface area contributed by atoms with Crippen LogP contribution in [0.25, 0.3) is 0 Å². The van der Waals surface area contributed by atoms with Gasteiger partial charge in [-0.2, -0.15) is 5.26 Å². The molecule has 0 amide bonds. The summed E-state index contributed by atoms with van der Waals surface area (Å²) in [5, 5.41) is 13.1. The summed E-state index contributed by atoms with van der Waals surface area (Å²) in [6.07, 6.45) is 0.758. The molecule has 0 fully saturated rings. The summed E-state index contributed by atoms with van der Waals surface area (Å²) in [6, 6.07) is 11.6. The Balaban J connectivity index is 1.67. The van der Waals surface area contributed by atoms with Crippen molar-refractivity contribution in [2.24, 2.45) is 0 Å². The van der Waals surface area contributed by atoms with Crippen LogP contribution in [-0.2, 0) is 16.9 Å². The largest absolute Gasteiger partial charge is 0.497 e. The Bertz CT molecular complexity index is 1070. The molecular formula is C22H21N3O3S2.